The summed E-state index contributed by atoms with van der Waals surface area (Å²) in [6, 6.07) is 0. The smallest absolute Gasteiger partial charge is 0.147 e. The number of ketones is 1. The van der Waals surface area contributed by atoms with Crippen molar-refractivity contribution in [1.29, 1.82) is 0 Å². The number of unbranched alkanes of at least 4 members (excludes halogenated alkanes) is 1. The third kappa shape index (κ3) is 11.8. The van der Waals surface area contributed by atoms with Crippen LogP contribution in [-0.4, -0.2) is 57.9 Å². The van der Waals surface area contributed by atoms with E-state index in [-0.39, 0.29) is 11.5 Å². The molecule has 0 aromatic heterocycles. The maximum Gasteiger partial charge on any atom is 0.147 e. The van der Waals surface area contributed by atoms with Gasteiger partial charge in [0.15, 0.2) is 0 Å². The van der Waals surface area contributed by atoms with E-state index >= 15 is 0 Å². The molecule has 0 aliphatic rings. The van der Waals surface area contributed by atoms with E-state index in [0.717, 1.165) is 30.4 Å². The second-order valence-corrected chi connectivity index (χ2v) is 7.79. The van der Waals surface area contributed by atoms with Crippen molar-refractivity contribution in [3.05, 3.63) is 0 Å². The van der Waals surface area contributed by atoms with Crippen LogP contribution in [0.5, 0.6) is 0 Å². The van der Waals surface area contributed by atoms with Gasteiger partial charge in [-0.3, -0.25) is 0 Å². The fourth-order valence-corrected chi connectivity index (χ4v) is 2.43. The van der Waals surface area contributed by atoms with E-state index in [1.54, 1.807) is 6.92 Å². The minimum Gasteiger partial charge on any atom is -0.328 e. The summed E-state index contributed by atoms with van der Waals surface area (Å²) in [5.41, 5.74) is 0. The predicted molar refractivity (Wildman–Crippen MR) is 70.7 cm³/mol. The molecule has 0 unspecified atom stereocenters. The molecule has 102 valence electrons. The summed E-state index contributed by atoms with van der Waals surface area (Å²) in [7, 11) is 1.38. The van der Waals surface area contributed by atoms with Crippen LogP contribution in [0.3, 0.4) is 0 Å². The van der Waals surface area contributed by atoms with Gasteiger partial charge in [0.25, 0.3) is 0 Å². The number of hydrogen-bond acceptors (Lipinski definition) is 3. The predicted octanol–water partition coefficient (Wildman–Crippen LogP) is 1.26. The molecule has 5 heteroatoms. The molecule has 0 spiro atoms. The third-order valence-corrected chi connectivity index (χ3v) is 3.85. The quantitative estimate of drug-likeness (QED) is 0.465. The summed E-state index contributed by atoms with van der Waals surface area (Å²) in [4.78, 5) is 10.8. The molecule has 0 fully saturated rings. The van der Waals surface area contributed by atoms with Crippen molar-refractivity contribution in [3.8, 4) is 0 Å². The Labute approximate surface area is 106 Å². The summed E-state index contributed by atoms with van der Waals surface area (Å²) in [6.07, 6.45) is 4.59. The molecule has 0 saturated heterocycles. The van der Waals surface area contributed by atoms with Crippen LogP contribution in [0.4, 0.5) is 0 Å². The Hall–Kier alpha value is -0.420. The van der Waals surface area contributed by atoms with Crippen LogP contribution < -0.4 is 0 Å². The molecule has 0 radical (unpaired) electrons. The summed E-state index contributed by atoms with van der Waals surface area (Å²) >= 11 is 0. The van der Waals surface area contributed by atoms with Gasteiger partial charge in [-0.05, 0) is 19.8 Å². The first-order valence-corrected chi connectivity index (χ1v) is 8.18. The zero-order chi connectivity index (χ0) is 13.5. The number of nitrogens with zero attached hydrogens (tertiary/aromatic N) is 1. The van der Waals surface area contributed by atoms with E-state index in [9.17, 15) is 13.2 Å². The Kier molecular flexibility index (Phi) is 6.94. The molecule has 0 amide bonds. The van der Waals surface area contributed by atoms with Crippen LogP contribution in [0.1, 0.15) is 32.6 Å². The van der Waals surface area contributed by atoms with Crippen molar-refractivity contribution >= 4 is 15.6 Å². The van der Waals surface area contributed by atoms with E-state index < -0.39 is 9.84 Å². The first-order chi connectivity index (χ1) is 7.62. The van der Waals surface area contributed by atoms with Crippen molar-refractivity contribution in [2.75, 3.05) is 39.2 Å². The van der Waals surface area contributed by atoms with Gasteiger partial charge in [-0.15, -0.1) is 0 Å². The largest absolute Gasteiger partial charge is 0.328 e. The average molecular weight is 264 g/mol. The highest BCUT2D eigenvalue weighted by Crippen LogP contribution is 2.06. The zero-order valence-corrected chi connectivity index (χ0v) is 12.3. The van der Waals surface area contributed by atoms with Crippen molar-refractivity contribution in [3.63, 3.8) is 0 Å². The molecule has 0 atom stereocenters. The SMILES string of the molecule is CC(=O)CCCC[N+](C)(C)CCCS(C)(=O)=O. The Bertz CT molecular complexity index is 334. The van der Waals surface area contributed by atoms with Gasteiger partial charge in [0, 0.05) is 19.1 Å². The second kappa shape index (κ2) is 7.11. The Morgan fingerprint density at radius 1 is 1.06 bits per heavy atom. The van der Waals surface area contributed by atoms with Gasteiger partial charge in [-0.2, -0.15) is 0 Å². The maximum absolute atomic E-state index is 11.0. The van der Waals surface area contributed by atoms with Crippen LogP contribution in [0, 0.1) is 0 Å². The summed E-state index contributed by atoms with van der Waals surface area (Å²) < 4.78 is 22.8. The van der Waals surface area contributed by atoms with E-state index in [0.29, 0.717) is 12.8 Å². The van der Waals surface area contributed by atoms with Crippen molar-refractivity contribution in [2.45, 2.75) is 32.6 Å². The van der Waals surface area contributed by atoms with Crippen LogP contribution in [0.25, 0.3) is 0 Å². The standard InChI is InChI=1S/C12H26NO3S/c1-12(14)8-5-6-9-13(2,3)10-7-11-17(4,15)16/h5-11H2,1-4H3/q+1. The van der Waals surface area contributed by atoms with Crippen molar-refractivity contribution in [2.24, 2.45) is 0 Å². The topological polar surface area (TPSA) is 51.2 Å². The molecule has 0 aliphatic carbocycles. The molecule has 4 nitrogen and oxygen atoms in total. The fourth-order valence-electron chi connectivity index (χ4n) is 1.78. The summed E-state index contributed by atoms with van der Waals surface area (Å²) in [5, 5.41) is 0. The normalized spacial score (nSPS) is 12.7. The molecule has 0 aromatic rings. The Morgan fingerprint density at radius 2 is 1.59 bits per heavy atom. The molecular weight excluding hydrogens is 238 g/mol. The van der Waals surface area contributed by atoms with Gasteiger partial charge in [-0.1, -0.05) is 0 Å². The molecule has 0 aliphatic heterocycles. The number of sulfone groups is 1. The lowest BCUT2D eigenvalue weighted by Crippen LogP contribution is -2.41. The van der Waals surface area contributed by atoms with Gasteiger partial charge in [0.2, 0.25) is 0 Å². The molecule has 0 rings (SSSR count). The second-order valence-electron chi connectivity index (χ2n) is 5.53. The minimum atomic E-state index is -2.84. The van der Waals surface area contributed by atoms with Gasteiger partial charge in [0.05, 0.1) is 32.9 Å². The molecule has 0 bridgehead atoms. The lowest BCUT2D eigenvalue weighted by Gasteiger charge is -2.29. The Balaban J connectivity index is 3.76. The fraction of sp³-hybridized carbons (Fsp3) is 0.917. The number of carbonyl (C=O) groups is 1. The number of carbonyl (C=O) groups excluding carboxylic acids is 1. The van der Waals surface area contributed by atoms with Crippen LogP contribution in [-0.2, 0) is 14.6 Å². The molecule has 0 aromatic carbocycles. The van der Waals surface area contributed by atoms with Gasteiger partial charge < -0.3 is 9.28 Å². The Morgan fingerprint density at radius 3 is 2.06 bits per heavy atom. The van der Waals surface area contributed by atoms with Crippen molar-refractivity contribution in [1.82, 2.24) is 0 Å². The number of rotatable bonds is 9. The number of quaternary nitrogens is 1. The third-order valence-electron chi connectivity index (χ3n) is 2.82. The van der Waals surface area contributed by atoms with Gasteiger partial charge >= 0.3 is 0 Å². The van der Waals surface area contributed by atoms with E-state index in [4.69, 9.17) is 0 Å². The van der Waals surface area contributed by atoms with Crippen LogP contribution in [0.2, 0.25) is 0 Å². The maximum atomic E-state index is 11.0. The molecule has 17 heavy (non-hydrogen) atoms. The molecule has 0 N–H and O–H groups in total. The number of Topliss-reactive ketones (excluding diaryl/α,β-unsaturated/α-hetero) is 1. The summed E-state index contributed by atoms with van der Waals surface area (Å²) in [6.45, 7) is 3.48. The highest BCUT2D eigenvalue weighted by atomic mass is 32.2. The van der Waals surface area contributed by atoms with Crippen LogP contribution >= 0.6 is 0 Å². The zero-order valence-electron chi connectivity index (χ0n) is 11.5. The molecule has 0 saturated carbocycles. The lowest BCUT2D eigenvalue weighted by molar-refractivity contribution is -0.890. The lowest BCUT2D eigenvalue weighted by atomic mass is 10.2. The van der Waals surface area contributed by atoms with E-state index in [1.807, 2.05) is 0 Å². The summed E-state index contributed by atoms with van der Waals surface area (Å²) in [5.74, 6) is 0.509. The van der Waals surface area contributed by atoms with Gasteiger partial charge in [0.1, 0.15) is 15.6 Å². The first kappa shape index (κ1) is 16.6. The molecular formula is C12H26NO3S+. The van der Waals surface area contributed by atoms with Crippen molar-refractivity contribution < 1.29 is 17.7 Å². The molecule has 0 heterocycles. The highest BCUT2D eigenvalue weighted by Gasteiger charge is 2.15. The number of hydrogen-bond donors (Lipinski definition) is 0. The first-order valence-electron chi connectivity index (χ1n) is 6.11. The minimum absolute atomic E-state index is 0.243. The van der Waals surface area contributed by atoms with E-state index in [1.165, 1.54) is 6.26 Å². The average Bonchev–Trinajstić information content (AvgIpc) is 2.09. The highest BCUT2D eigenvalue weighted by molar-refractivity contribution is 7.90. The van der Waals surface area contributed by atoms with Gasteiger partial charge in [-0.25, -0.2) is 8.42 Å². The van der Waals surface area contributed by atoms with E-state index in [2.05, 4.69) is 14.1 Å². The monoisotopic (exact) mass is 264 g/mol. The van der Waals surface area contributed by atoms with Crippen LogP contribution in [0.15, 0.2) is 0 Å².